The van der Waals surface area contributed by atoms with Crippen molar-refractivity contribution in [3.8, 4) is 0 Å². The first kappa shape index (κ1) is 10.5. The lowest BCUT2D eigenvalue weighted by Crippen LogP contribution is -2.38. The fourth-order valence-corrected chi connectivity index (χ4v) is 1.34. The van der Waals surface area contributed by atoms with Crippen LogP contribution in [0, 0.1) is 0 Å². The molecule has 1 saturated heterocycles. The van der Waals surface area contributed by atoms with Gasteiger partial charge in [0.05, 0.1) is 7.11 Å². The number of esters is 1. The Morgan fingerprint density at radius 3 is 2.36 bits per heavy atom. The Kier molecular flexibility index (Phi) is 3.44. The summed E-state index contributed by atoms with van der Waals surface area (Å²) in [5.74, 6) is -1.48. The summed E-state index contributed by atoms with van der Waals surface area (Å²) < 4.78 is 4.31. The molecule has 0 aromatic rings. The van der Waals surface area contributed by atoms with Crippen molar-refractivity contribution in [2.45, 2.75) is 12.8 Å². The third-order valence-corrected chi connectivity index (χ3v) is 2.07. The van der Waals surface area contributed by atoms with Gasteiger partial charge in [-0.15, -0.1) is 0 Å². The number of carbonyl (C=O) groups excluding carboxylic acids is 2. The molecule has 0 atom stereocenters. The molecule has 1 heterocycles. The zero-order valence-corrected chi connectivity index (χ0v) is 7.89. The first-order valence-corrected chi connectivity index (χ1v) is 4.30. The predicted octanol–water partition coefficient (Wildman–Crippen LogP) is -0.388. The molecular weight excluding hydrogens is 188 g/mol. The lowest BCUT2D eigenvalue weighted by Gasteiger charge is -2.14. The van der Waals surface area contributed by atoms with Gasteiger partial charge in [0.1, 0.15) is 0 Å². The summed E-state index contributed by atoms with van der Waals surface area (Å²) in [6.07, 6.45) is 1.82. The van der Waals surface area contributed by atoms with Gasteiger partial charge >= 0.3 is 5.97 Å². The van der Waals surface area contributed by atoms with E-state index in [4.69, 9.17) is 5.21 Å². The Bertz CT molecular complexity index is 269. The maximum absolute atomic E-state index is 11.5. The van der Waals surface area contributed by atoms with Crippen LogP contribution in [0.25, 0.3) is 0 Å². The standard InChI is InChI=1S/C8H12N2O4/c1-14-8(12)6(9-13)7(11)10-4-2-3-5-10/h13H,2-5H2,1H3/b9-6-. The first-order valence-electron chi connectivity index (χ1n) is 4.30. The van der Waals surface area contributed by atoms with Gasteiger partial charge < -0.3 is 14.8 Å². The molecule has 1 aliphatic heterocycles. The average molecular weight is 200 g/mol. The molecule has 0 aromatic carbocycles. The van der Waals surface area contributed by atoms with Crippen LogP contribution < -0.4 is 0 Å². The van der Waals surface area contributed by atoms with E-state index in [-0.39, 0.29) is 0 Å². The zero-order chi connectivity index (χ0) is 10.6. The van der Waals surface area contributed by atoms with E-state index in [1.54, 1.807) is 0 Å². The van der Waals surface area contributed by atoms with E-state index in [0.29, 0.717) is 13.1 Å². The SMILES string of the molecule is COC(=O)/C(=N\O)C(=O)N1CCCC1. The monoisotopic (exact) mass is 200 g/mol. The largest absolute Gasteiger partial charge is 0.464 e. The highest BCUT2D eigenvalue weighted by atomic mass is 16.5. The Morgan fingerprint density at radius 2 is 1.93 bits per heavy atom. The van der Waals surface area contributed by atoms with Crippen LogP contribution in [-0.2, 0) is 14.3 Å². The molecule has 6 heteroatoms. The summed E-state index contributed by atoms with van der Waals surface area (Å²) in [6, 6.07) is 0. The highest BCUT2D eigenvalue weighted by Gasteiger charge is 2.28. The lowest BCUT2D eigenvalue weighted by atomic mass is 10.3. The number of amides is 1. The quantitative estimate of drug-likeness (QED) is 0.216. The van der Waals surface area contributed by atoms with Crippen LogP contribution in [0.4, 0.5) is 0 Å². The summed E-state index contributed by atoms with van der Waals surface area (Å²) in [6.45, 7) is 1.18. The van der Waals surface area contributed by atoms with Gasteiger partial charge in [0.2, 0.25) is 0 Å². The van der Waals surface area contributed by atoms with Gasteiger partial charge in [0, 0.05) is 13.1 Å². The van der Waals surface area contributed by atoms with Crippen molar-refractivity contribution in [2.75, 3.05) is 20.2 Å². The highest BCUT2D eigenvalue weighted by molar-refractivity contribution is 6.63. The second-order valence-electron chi connectivity index (χ2n) is 2.94. The molecule has 1 amide bonds. The summed E-state index contributed by atoms with van der Waals surface area (Å²) in [5.41, 5.74) is -0.561. The summed E-state index contributed by atoms with van der Waals surface area (Å²) >= 11 is 0. The number of methoxy groups -OCH3 is 1. The number of rotatable bonds is 2. The van der Waals surface area contributed by atoms with Crippen LogP contribution in [0.1, 0.15) is 12.8 Å². The number of hydrogen-bond acceptors (Lipinski definition) is 5. The Balaban J connectivity index is 2.70. The van der Waals surface area contributed by atoms with E-state index in [9.17, 15) is 9.59 Å². The van der Waals surface area contributed by atoms with Crippen LogP contribution in [0.2, 0.25) is 0 Å². The molecule has 1 aliphatic rings. The van der Waals surface area contributed by atoms with Crippen molar-refractivity contribution >= 4 is 17.6 Å². The number of nitrogens with zero attached hydrogens (tertiary/aromatic N) is 2. The smallest absolute Gasteiger partial charge is 0.365 e. The Morgan fingerprint density at radius 1 is 1.36 bits per heavy atom. The van der Waals surface area contributed by atoms with Crippen LogP contribution in [0.15, 0.2) is 5.16 Å². The molecule has 0 radical (unpaired) electrons. The predicted molar refractivity (Wildman–Crippen MR) is 47.1 cm³/mol. The maximum Gasteiger partial charge on any atom is 0.365 e. The number of likely N-dealkylation sites (tertiary alicyclic amines) is 1. The van der Waals surface area contributed by atoms with Gasteiger partial charge in [-0.1, -0.05) is 5.16 Å². The third kappa shape index (κ3) is 2.01. The highest BCUT2D eigenvalue weighted by Crippen LogP contribution is 2.08. The molecule has 0 saturated carbocycles. The van der Waals surface area contributed by atoms with Gasteiger partial charge in [0.15, 0.2) is 0 Å². The van der Waals surface area contributed by atoms with E-state index in [0.717, 1.165) is 20.0 Å². The molecule has 0 unspecified atom stereocenters. The molecule has 0 aliphatic carbocycles. The van der Waals surface area contributed by atoms with Crippen molar-refractivity contribution in [1.82, 2.24) is 4.90 Å². The molecule has 0 aromatic heterocycles. The maximum atomic E-state index is 11.5. The first-order chi connectivity index (χ1) is 6.70. The molecule has 78 valence electrons. The average Bonchev–Trinajstić information content (AvgIpc) is 2.71. The van der Waals surface area contributed by atoms with E-state index >= 15 is 0 Å². The summed E-state index contributed by atoms with van der Waals surface area (Å²) in [5, 5.41) is 11.2. The second-order valence-corrected chi connectivity index (χ2v) is 2.94. The van der Waals surface area contributed by atoms with Gasteiger partial charge in [-0.2, -0.15) is 0 Å². The van der Waals surface area contributed by atoms with Crippen LogP contribution in [-0.4, -0.2) is 47.9 Å². The molecule has 1 N–H and O–H groups in total. The fourth-order valence-electron chi connectivity index (χ4n) is 1.34. The topological polar surface area (TPSA) is 79.2 Å². The van der Waals surface area contributed by atoms with E-state index in [2.05, 4.69) is 9.89 Å². The van der Waals surface area contributed by atoms with Crippen LogP contribution in [0.5, 0.6) is 0 Å². The van der Waals surface area contributed by atoms with Crippen molar-refractivity contribution < 1.29 is 19.5 Å². The third-order valence-electron chi connectivity index (χ3n) is 2.07. The molecule has 1 fully saturated rings. The second kappa shape index (κ2) is 4.59. The fraction of sp³-hybridized carbons (Fsp3) is 0.625. The molecular formula is C8H12N2O4. The Labute approximate surface area is 81.1 Å². The van der Waals surface area contributed by atoms with Gasteiger partial charge in [-0.25, -0.2) is 4.79 Å². The minimum Gasteiger partial charge on any atom is -0.464 e. The Hall–Kier alpha value is -1.59. The van der Waals surface area contributed by atoms with Gasteiger partial charge in [-0.3, -0.25) is 4.79 Å². The number of hydrogen-bond donors (Lipinski definition) is 1. The van der Waals surface area contributed by atoms with E-state index < -0.39 is 17.6 Å². The number of oxime groups is 1. The molecule has 6 nitrogen and oxygen atoms in total. The molecule has 1 rings (SSSR count). The van der Waals surface area contributed by atoms with E-state index in [1.165, 1.54) is 4.90 Å². The van der Waals surface area contributed by atoms with E-state index in [1.807, 2.05) is 0 Å². The number of carbonyl (C=O) groups is 2. The summed E-state index contributed by atoms with van der Waals surface area (Å²) in [4.78, 5) is 24.0. The number of ether oxygens (including phenoxy) is 1. The lowest BCUT2D eigenvalue weighted by molar-refractivity contribution is -0.135. The minimum atomic E-state index is -0.913. The van der Waals surface area contributed by atoms with Crippen molar-refractivity contribution in [3.05, 3.63) is 0 Å². The molecule has 14 heavy (non-hydrogen) atoms. The normalized spacial score (nSPS) is 16.9. The van der Waals surface area contributed by atoms with Crippen molar-refractivity contribution in [1.29, 1.82) is 0 Å². The zero-order valence-electron chi connectivity index (χ0n) is 7.89. The van der Waals surface area contributed by atoms with Crippen LogP contribution >= 0.6 is 0 Å². The minimum absolute atomic E-state index is 0.561. The van der Waals surface area contributed by atoms with Gasteiger partial charge in [0.25, 0.3) is 11.6 Å². The van der Waals surface area contributed by atoms with Crippen molar-refractivity contribution in [2.24, 2.45) is 5.16 Å². The van der Waals surface area contributed by atoms with Crippen LogP contribution in [0.3, 0.4) is 0 Å². The summed E-state index contributed by atoms with van der Waals surface area (Å²) in [7, 11) is 1.13. The van der Waals surface area contributed by atoms with Crippen molar-refractivity contribution in [3.63, 3.8) is 0 Å². The molecule has 0 bridgehead atoms. The van der Waals surface area contributed by atoms with Gasteiger partial charge in [-0.05, 0) is 12.8 Å². The molecule has 0 spiro atoms.